The van der Waals surface area contributed by atoms with E-state index in [1.165, 1.54) is 27.8 Å². The summed E-state index contributed by atoms with van der Waals surface area (Å²) < 4.78 is 42.8. The van der Waals surface area contributed by atoms with Crippen molar-refractivity contribution < 1.29 is 13.2 Å². The number of benzene rings is 7. The standard InChI is InChI=1S/C43H29F3N2/c1-42(2)37-17-8-7-12-33(37)34-16-9-15-30(38(34)42)26-18-20-27(21-19-26)41-47-39-35-13-5-3-10-31(35)32-11-4-6-14-36(32)40(39)48(41)29-24-22-28(23-25-29)43(44,45)46/h3-25H,1-2H3. The van der Waals surface area contributed by atoms with Crippen molar-refractivity contribution in [1.82, 2.24) is 9.55 Å². The summed E-state index contributed by atoms with van der Waals surface area (Å²) in [5.41, 5.74) is 9.80. The Hall–Kier alpha value is -5.68. The quantitative estimate of drug-likeness (QED) is 0.178. The largest absolute Gasteiger partial charge is 0.416 e. The molecule has 0 spiro atoms. The second-order valence-electron chi connectivity index (χ2n) is 13.1. The van der Waals surface area contributed by atoms with Crippen molar-refractivity contribution in [3.8, 4) is 39.3 Å². The zero-order valence-electron chi connectivity index (χ0n) is 26.3. The minimum absolute atomic E-state index is 0.153. The third-order valence-electron chi connectivity index (χ3n) is 10.0. The highest BCUT2D eigenvalue weighted by Crippen LogP contribution is 2.52. The lowest BCUT2D eigenvalue weighted by molar-refractivity contribution is -0.137. The topological polar surface area (TPSA) is 17.8 Å². The lowest BCUT2D eigenvalue weighted by atomic mass is 9.79. The number of alkyl halides is 3. The maximum Gasteiger partial charge on any atom is 0.416 e. The van der Waals surface area contributed by atoms with Crippen molar-refractivity contribution in [2.75, 3.05) is 0 Å². The van der Waals surface area contributed by atoms with Gasteiger partial charge in [0, 0.05) is 27.4 Å². The monoisotopic (exact) mass is 630 g/mol. The summed E-state index contributed by atoms with van der Waals surface area (Å²) in [5, 5.41) is 4.14. The van der Waals surface area contributed by atoms with Crippen molar-refractivity contribution in [3.63, 3.8) is 0 Å². The zero-order valence-corrected chi connectivity index (χ0v) is 26.3. The maximum absolute atomic E-state index is 13.6. The minimum Gasteiger partial charge on any atom is -0.292 e. The van der Waals surface area contributed by atoms with Crippen LogP contribution in [0.5, 0.6) is 0 Å². The fourth-order valence-corrected chi connectivity index (χ4v) is 7.84. The number of aromatic nitrogens is 2. The highest BCUT2D eigenvalue weighted by atomic mass is 19.4. The van der Waals surface area contributed by atoms with Crippen LogP contribution in [-0.2, 0) is 11.6 Å². The van der Waals surface area contributed by atoms with Crippen molar-refractivity contribution in [2.45, 2.75) is 25.4 Å². The summed E-state index contributed by atoms with van der Waals surface area (Å²) in [6.45, 7) is 4.58. The number of halogens is 3. The average Bonchev–Trinajstić information content (AvgIpc) is 3.62. The fraction of sp³-hybridized carbons (Fsp3) is 0.0930. The molecule has 0 fully saturated rings. The van der Waals surface area contributed by atoms with E-state index >= 15 is 0 Å². The Balaban J connectivity index is 1.27. The van der Waals surface area contributed by atoms with Crippen molar-refractivity contribution in [1.29, 1.82) is 0 Å². The summed E-state index contributed by atoms with van der Waals surface area (Å²) in [5.74, 6) is 0.670. The molecular formula is C43H29F3N2. The Morgan fingerprint density at radius 1 is 0.542 bits per heavy atom. The molecule has 1 aliphatic rings. The van der Waals surface area contributed by atoms with Gasteiger partial charge in [0.1, 0.15) is 5.82 Å². The van der Waals surface area contributed by atoms with Gasteiger partial charge in [-0.25, -0.2) is 4.98 Å². The number of rotatable bonds is 3. The molecule has 0 amide bonds. The van der Waals surface area contributed by atoms with Gasteiger partial charge in [0.05, 0.1) is 16.6 Å². The van der Waals surface area contributed by atoms with Crippen LogP contribution in [0.2, 0.25) is 0 Å². The van der Waals surface area contributed by atoms with Crippen LogP contribution in [0.3, 0.4) is 0 Å². The van der Waals surface area contributed by atoms with E-state index in [-0.39, 0.29) is 5.41 Å². The molecule has 1 aromatic heterocycles. The van der Waals surface area contributed by atoms with Gasteiger partial charge in [-0.2, -0.15) is 13.2 Å². The van der Waals surface area contributed by atoms with Gasteiger partial charge in [0.25, 0.3) is 0 Å². The molecule has 0 aliphatic heterocycles. The van der Waals surface area contributed by atoms with Crippen LogP contribution in [0.15, 0.2) is 140 Å². The van der Waals surface area contributed by atoms with E-state index in [4.69, 9.17) is 4.98 Å². The Morgan fingerprint density at radius 2 is 1.10 bits per heavy atom. The van der Waals surface area contributed by atoms with Crippen LogP contribution in [-0.4, -0.2) is 9.55 Å². The molecule has 0 unspecified atom stereocenters. The molecule has 48 heavy (non-hydrogen) atoms. The van der Waals surface area contributed by atoms with E-state index in [2.05, 4.69) is 105 Å². The molecule has 0 N–H and O–H groups in total. The summed E-state index contributed by atoms with van der Waals surface area (Å²) >= 11 is 0. The molecule has 0 saturated carbocycles. The van der Waals surface area contributed by atoms with E-state index in [9.17, 15) is 13.2 Å². The molecular weight excluding hydrogens is 601 g/mol. The fourth-order valence-electron chi connectivity index (χ4n) is 7.84. The van der Waals surface area contributed by atoms with Gasteiger partial charge in [-0.1, -0.05) is 129 Å². The van der Waals surface area contributed by atoms with Crippen molar-refractivity contribution in [3.05, 3.63) is 156 Å². The van der Waals surface area contributed by atoms with Gasteiger partial charge in [-0.15, -0.1) is 0 Å². The summed E-state index contributed by atoms with van der Waals surface area (Å²) in [6.07, 6.45) is -4.43. The van der Waals surface area contributed by atoms with Crippen molar-refractivity contribution >= 4 is 32.6 Å². The highest BCUT2D eigenvalue weighted by Gasteiger charge is 2.37. The number of hydrogen-bond donors (Lipinski definition) is 0. The van der Waals surface area contributed by atoms with Crippen LogP contribution >= 0.6 is 0 Å². The molecule has 0 bridgehead atoms. The molecule has 8 aromatic rings. The molecule has 1 heterocycles. The van der Waals surface area contributed by atoms with E-state index in [1.54, 1.807) is 12.1 Å². The van der Waals surface area contributed by atoms with Gasteiger partial charge in [0.15, 0.2) is 0 Å². The molecule has 2 nitrogen and oxygen atoms in total. The molecule has 0 saturated heterocycles. The second-order valence-corrected chi connectivity index (χ2v) is 13.1. The Bertz CT molecular complexity index is 2550. The minimum atomic E-state index is -4.43. The number of hydrogen-bond acceptors (Lipinski definition) is 1. The molecule has 7 aromatic carbocycles. The van der Waals surface area contributed by atoms with E-state index in [1.807, 2.05) is 28.8 Å². The molecule has 0 atom stereocenters. The predicted octanol–water partition coefficient (Wildman–Crippen LogP) is 12.0. The van der Waals surface area contributed by atoms with Gasteiger partial charge in [-0.3, -0.25) is 4.57 Å². The first-order chi connectivity index (χ1) is 23.2. The Morgan fingerprint density at radius 3 is 1.81 bits per heavy atom. The molecule has 232 valence electrons. The zero-order chi connectivity index (χ0) is 32.8. The lowest BCUT2D eigenvalue weighted by Crippen LogP contribution is -2.16. The van der Waals surface area contributed by atoms with Crippen LogP contribution in [0.1, 0.15) is 30.5 Å². The first-order valence-corrected chi connectivity index (χ1v) is 16.1. The Labute approximate surface area is 275 Å². The summed E-state index contributed by atoms with van der Waals surface area (Å²) in [6, 6.07) is 45.3. The number of imidazole rings is 1. The SMILES string of the molecule is CC1(C)c2ccccc2-c2cccc(-c3ccc(-c4nc5c6ccccc6c6ccccc6c5n4-c4ccc(C(F)(F)F)cc4)cc3)c21. The van der Waals surface area contributed by atoms with E-state index in [0.29, 0.717) is 11.5 Å². The highest BCUT2D eigenvalue weighted by molar-refractivity contribution is 6.24. The third-order valence-corrected chi connectivity index (χ3v) is 10.0. The first kappa shape index (κ1) is 28.5. The van der Waals surface area contributed by atoms with Gasteiger partial charge >= 0.3 is 6.18 Å². The average molecular weight is 631 g/mol. The smallest absolute Gasteiger partial charge is 0.292 e. The lowest BCUT2D eigenvalue weighted by Gasteiger charge is -2.24. The van der Waals surface area contributed by atoms with Crippen LogP contribution in [0.4, 0.5) is 13.2 Å². The van der Waals surface area contributed by atoms with E-state index < -0.39 is 11.7 Å². The summed E-state index contributed by atoms with van der Waals surface area (Å²) in [4.78, 5) is 5.26. The third kappa shape index (κ3) is 4.10. The van der Waals surface area contributed by atoms with Gasteiger partial charge in [0.2, 0.25) is 0 Å². The normalized spacial score (nSPS) is 13.7. The van der Waals surface area contributed by atoms with Crippen LogP contribution in [0, 0.1) is 0 Å². The van der Waals surface area contributed by atoms with E-state index in [0.717, 1.165) is 55.8 Å². The maximum atomic E-state index is 13.6. The predicted molar refractivity (Wildman–Crippen MR) is 190 cm³/mol. The number of nitrogens with zero attached hydrogens (tertiary/aromatic N) is 2. The van der Waals surface area contributed by atoms with Crippen molar-refractivity contribution in [2.24, 2.45) is 0 Å². The molecule has 0 radical (unpaired) electrons. The summed E-state index contributed by atoms with van der Waals surface area (Å²) in [7, 11) is 0. The van der Waals surface area contributed by atoms with Crippen LogP contribution in [0.25, 0.3) is 71.9 Å². The second kappa shape index (κ2) is 10.2. The molecule has 5 heteroatoms. The molecule has 1 aliphatic carbocycles. The number of fused-ring (bicyclic) bond motifs is 9. The van der Waals surface area contributed by atoms with Crippen LogP contribution < -0.4 is 0 Å². The Kier molecular flexibility index (Phi) is 6.04. The molecule has 9 rings (SSSR count). The first-order valence-electron chi connectivity index (χ1n) is 16.1. The van der Waals surface area contributed by atoms with Gasteiger partial charge < -0.3 is 0 Å². The van der Waals surface area contributed by atoms with Gasteiger partial charge in [-0.05, 0) is 68.4 Å².